The SMILES string of the molecule is CCCC1C=C(C(C)(C)C)C=[C]1[Zr](=[C](c1ccc(C(F)(F)F)cc1)c1ccc(C(F)(F)F)cc1)[c]1c(C)ccc2c1Cc1cc(C)ccc1-2. The van der Waals surface area contributed by atoms with E-state index in [1.165, 1.54) is 64.2 Å². The summed E-state index contributed by atoms with van der Waals surface area (Å²) in [4.78, 5) is 0. The molecule has 0 N–H and O–H groups in total. The van der Waals surface area contributed by atoms with Crippen LogP contribution in [-0.2, 0) is 40.0 Å². The van der Waals surface area contributed by atoms with Gasteiger partial charge in [0.2, 0.25) is 0 Å². The van der Waals surface area contributed by atoms with Crippen molar-refractivity contribution in [1.82, 2.24) is 0 Å². The van der Waals surface area contributed by atoms with Crippen LogP contribution in [0.25, 0.3) is 11.1 Å². The number of benzene rings is 4. The molecule has 0 amide bonds. The number of halogens is 6. The van der Waals surface area contributed by atoms with Crippen LogP contribution in [0.5, 0.6) is 0 Å². The summed E-state index contributed by atoms with van der Waals surface area (Å²) in [6.45, 7) is 12.9. The summed E-state index contributed by atoms with van der Waals surface area (Å²) < 4.78 is 86.3. The van der Waals surface area contributed by atoms with Gasteiger partial charge in [-0.1, -0.05) is 0 Å². The van der Waals surface area contributed by atoms with Crippen molar-refractivity contribution in [3.8, 4) is 11.1 Å². The molecule has 7 heteroatoms. The van der Waals surface area contributed by atoms with E-state index in [9.17, 15) is 26.3 Å². The van der Waals surface area contributed by atoms with Gasteiger partial charge in [0.05, 0.1) is 0 Å². The summed E-state index contributed by atoms with van der Waals surface area (Å²) in [5.41, 5.74) is 7.98. The summed E-state index contributed by atoms with van der Waals surface area (Å²) >= 11 is -3.49. The van der Waals surface area contributed by atoms with E-state index in [-0.39, 0.29) is 11.3 Å². The fraction of sp³-hybridized carbons (Fsp3) is 0.310. The molecule has 0 spiro atoms. The third-order valence-electron chi connectivity index (χ3n) is 9.79. The Balaban J connectivity index is 1.74. The molecule has 1 atom stereocenters. The molecule has 2 aliphatic carbocycles. The number of alkyl halides is 6. The van der Waals surface area contributed by atoms with Crippen LogP contribution in [0, 0.1) is 25.2 Å². The third kappa shape index (κ3) is 7.02. The minimum atomic E-state index is -4.51. The average Bonchev–Trinajstić information content (AvgIpc) is 3.61. The molecule has 6 rings (SSSR count). The van der Waals surface area contributed by atoms with Gasteiger partial charge in [-0.15, -0.1) is 0 Å². The molecule has 0 bridgehead atoms. The number of hydrogen-bond donors (Lipinski definition) is 0. The van der Waals surface area contributed by atoms with E-state index in [2.05, 4.69) is 84.0 Å². The fourth-order valence-corrected chi connectivity index (χ4v) is 16.2. The maximum atomic E-state index is 13.8. The predicted molar refractivity (Wildman–Crippen MR) is 184 cm³/mol. The van der Waals surface area contributed by atoms with Gasteiger partial charge in [-0.25, -0.2) is 0 Å². The van der Waals surface area contributed by atoms with Crippen LogP contribution in [-0.4, -0.2) is 3.21 Å². The standard InChI is InChI=1S/C15H8F6.C15H13.C12H19.Zr/c16-14(17,18)12-5-1-10(2-6-12)9-11-3-7-13(8-4-11)15(19,20)21;1-10-3-5-14-12(7-10)9-13-8-11(2)4-6-15(13)14;1-5-6-10-7-8-11(9-10)12(2,3)4;/h1-8H;3-7H,9H2,1-2H3;8-10H,5-6H2,1-4H3;. The second-order valence-electron chi connectivity index (χ2n) is 14.4. The molecule has 0 radical (unpaired) electrons. The van der Waals surface area contributed by atoms with Crippen LogP contribution in [0.2, 0.25) is 0 Å². The zero-order valence-electron chi connectivity index (χ0n) is 28.6. The molecule has 49 heavy (non-hydrogen) atoms. The maximum absolute atomic E-state index is 13.8. The van der Waals surface area contributed by atoms with E-state index in [0.29, 0.717) is 11.1 Å². The van der Waals surface area contributed by atoms with E-state index in [4.69, 9.17) is 0 Å². The molecule has 4 aromatic rings. The summed E-state index contributed by atoms with van der Waals surface area (Å²) in [5, 5.41) is 0. The molecule has 0 nitrogen and oxygen atoms in total. The minimum absolute atomic E-state index is 0.133. The molecule has 0 aromatic heterocycles. The topological polar surface area (TPSA) is 0 Å². The second-order valence-corrected chi connectivity index (χ2v) is 20.1. The number of hydrogen-bond acceptors (Lipinski definition) is 0. The van der Waals surface area contributed by atoms with Gasteiger partial charge in [-0.3, -0.25) is 0 Å². The molecular formula is C42H40F6Zr. The van der Waals surface area contributed by atoms with Crippen LogP contribution in [0.4, 0.5) is 26.3 Å². The predicted octanol–water partition coefficient (Wildman–Crippen LogP) is 11.7. The fourth-order valence-electron chi connectivity index (χ4n) is 7.29. The monoisotopic (exact) mass is 748 g/mol. The molecule has 1 unspecified atom stereocenters. The Morgan fingerprint density at radius 1 is 0.735 bits per heavy atom. The zero-order valence-corrected chi connectivity index (χ0v) is 31.1. The first-order valence-corrected chi connectivity index (χ1v) is 20.4. The normalized spacial score (nSPS) is 15.9. The Bertz CT molecular complexity index is 1940. The molecule has 0 heterocycles. The van der Waals surface area contributed by atoms with Gasteiger partial charge < -0.3 is 0 Å². The molecule has 0 fully saturated rings. The molecule has 254 valence electrons. The van der Waals surface area contributed by atoms with E-state index in [1.54, 1.807) is 0 Å². The first kappa shape index (κ1) is 35.5. The number of allylic oxidation sites excluding steroid dienone is 4. The molecule has 4 aromatic carbocycles. The Morgan fingerprint density at radius 3 is 1.80 bits per heavy atom. The third-order valence-corrected chi connectivity index (χ3v) is 18.1. The van der Waals surface area contributed by atoms with Gasteiger partial charge in [0, 0.05) is 0 Å². The van der Waals surface area contributed by atoms with Gasteiger partial charge in [0.25, 0.3) is 0 Å². The van der Waals surface area contributed by atoms with Crippen LogP contribution < -0.4 is 3.27 Å². The van der Waals surface area contributed by atoms with E-state index in [0.717, 1.165) is 52.3 Å². The van der Waals surface area contributed by atoms with E-state index < -0.39 is 44.7 Å². The quantitative estimate of drug-likeness (QED) is 0.152. The summed E-state index contributed by atoms with van der Waals surface area (Å²) in [7, 11) is 0. The molecule has 0 saturated carbocycles. The average molecular weight is 750 g/mol. The van der Waals surface area contributed by atoms with Gasteiger partial charge in [0.15, 0.2) is 0 Å². The van der Waals surface area contributed by atoms with Crippen molar-refractivity contribution in [1.29, 1.82) is 0 Å². The van der Waals surface area contributed by atoms with Crippen molar-refractivity contribution in [3.63, 3.8) is 0 Å². The number of aryl methyl sites for hydroxylation is 2. The molecule has 0 aliphatic heterocycles. The number of fused-ring (bicyclic) bond motifs is 3. The van der Waals surface area contributed by atoms with Crippen molar-refractivity contribution in [2.24, 2.45) is 11.3 Å². The van der Waals surface area contributed by atoms with E-state index in [1.807, 2.05) is 0 Å². The van der Waals surface area contributed by atoms with Gasteiger partial charge >= 0.3 is 294 Å². The zero-order chi connectivity index (χ0) is 35.5. The second kappa shape index (κ2) is 13.1. The van der Waals surface area contributed by atoms with Gasteiger partial charge in [-0.05, 0) is 0 Å². The molecule has 0 saturated heterocycles. The Labute approximate surface area is 292 Å². The van der Waals surface area contributed by atoms with Crippen LogP contribution in [0.15, 0.2) is 99.9 Å². The van der Waals surface area contributed by atoms with Crippen molar-refractivity contribution in [2.45, 2.75) is 73.2 Å². The van der Waals surface area contributed by atoms with Gasteiger partial charge in [0.1, 0.15) is 0 Å². The number of rotatable bonds is 6. The van der Waals surface area contributed by atoms with Crippen LogP contribution >= 0.6 is 0 Å². The first-order valence-electron chi connectivity index (χ1n) is 16.7. The Kier molecular flexibility index (Phi) is 9.50. The van der Waals surface area contributed by atoms with Crippen LogP contribution in [0.1, 0.15) is 85.0 Å². The van der Waals surface area contributed by atoms with Crippen molar-refractivity contribution in [3.05, 3.63) is 144 Å². The first-order chi connectivity index (χ1) is 23.0. The van der Waals surface area contributed by atoms with Crippen molar-refractivity contribution in [2.75, 3.05) is 0 Å². The van der Waals surface area contributed by atoms with Crippen molar-refractivity contribution < 1.29 is 47.6 Å². The van der Waals surface area contributed by atoms with E-state index >= 15 is 0 Å². The molecular weight excluding hydrogens is 710 g/mol. The van der Waals surface area contributed by atoms with Gasteiger partial charge in [-0.2, -0.15) is 0 Å². The summed E-state index contributed by atoms with van der Waals surface area (Å²) in [6.07, 6.45) is -1.72. The summed E-state index contributed by atoms with van der Waals surface area (Å²) in [5.74, 6) is 0.133. The molecule has 2 aliphatic rings. The van der Waals surface area contributed by atoms with Crippen molar-refractivity contribution >= 4 is 6.48 Å². The summed E-state index contributed by atoms with van der Waals surface area (Å²) in [6, 6.07) is 21.4. The van der Waals surface area contributed by atoms with Crippen LogP contribution in [0.3, 0.4) is 0 Å². The Hall–Kier alpha value is -3.31. The Morgan fingerprint density at radius 2 is 1.29 bits per heavy atom.